The van der Waals surface area contributed by atoms with Crippen molar-refractivity contribution in [2.75, 3.05) is 0 Å². The van der Waals surface area contributed by atoms with Crippen molar-refractivity contribution in [3.63, 3.8) is 0 Å². The standard InChI is InChI=1S/C13H14ClN3O/c1-8-16-13(17-18-8)7-15-12-5-2-9-6-10(14)3-4-11(9)12/h3-4,6,12,15H,2,5,7H2,1H3. The second kappa shape index (κ2) is 4.71. The Hall–Kier alpha value is -1.39. The normalized spacial score (nSPS) is 18.0. The van der Waals surface area contributed by atoms with Crippen LogP contribution in [0.2, 0.25) is 5.02 Å². The van der Waals surface area contributed by atoms with Gasteiger partial charge in [0.15, 0.2) is 5.82 Å². The summed E-state index contributed by atoms with van der Waals surface area (Å²) in [6, 6.07) is 6.45. The van der Waals surface area contributed by atoms with Crippen molar-refractivity contribution in [2.24, 2.45) is 0 Å². The number of fused-ring (bicyclic) bond motifs is 1. The minimum atomic E-state index is 0.357. The number of nitrogens with one attached hydrogen (secondary N) is 1. The van der Waals surface area contributed by atoms with E-state index in [4.69, 9.17) is 16.1 Å². The van der Waals surface area contributed by atoms with E-state index in [-0.39, 0.29) is 0 Å². The van der Waals surface area contributed by atoms with Crippen molar-refractivity contribution < 1.29 is 4.52 Å². The van der Waals surface area contributed by atoms with Gasteiger partial charge in [-0.1, -0.05) is 22.8 Å². The summed E-state index contributed by atoms with van der Waals surface area (Å²) in [5.74, 6) is 1.31. The molecule has 1 unspecified atom stereocenters. The zero-order valence-electron chi connectivity index (χ0n) is 10.1. The molecular weight excluding hydrogens is 250 g/mol. The van der Waals surface area contributed by atoms with E-state index < -0.39 is 0 Å². The van der Waals surface area contributed by atoms with E-state index in [1.807, 2.05) is 6.07 Å². The van der Waals surface area contributed by atoms with Crippen LogP contribution in [0.4, 0.5) is 0 Å². The van der Waals surface area contributed by atoms with Crippen LogP contribution in [0.5, 0.6) is 0 Å². The summed E-state index contributed by atoms with van der Waals surface area (Å²) in [7, 11) is 0. The van der Waals surface area contributed by atoms with Crippen LogP contribution in [-0.4, -0.2) is 10.1 Å². The topological polar surface area (TPSA) is 51.0 Å². The molecule has 1 heterocycles. The third-order valence-corrected chi connectivity index (χ3v) is 3.49. The lowest BCUT2D eigenvalue weighted by Gasteiger charge is -2.12. The maximum Gasteiger partial charge on any atom is 0.223 e. The number of benzene rings is 1. The van der Waals surface area contributed by atoms with E-state index in [0.717, 1.165) is 17.9 Å². The van der Waals surface area contributed by atoms with E-state index in [0.29, 0.717) is 24.3 Å². The van der Waals surface area contributed by atoms with Crippen molar-refractivity contribution in [3.8, 4) is 0 Å². The number of aryl methyl sites for hydroxylation is 2. The molecule has 0 radical (unpaired) electrons. The van der Waals surface area contributed by atoms with Gasteiger partial charge >= 0.3 is 0 Å². The highest BCUT2D eigenvalue weighted by Gasteiger charge is 2.22. The number of hydrogen-bond donors (Lipinski definition) is 1. The number of nitrogens with zero attached hydrogens (tertiary/aromatic N) is 2. The summed E-state index contributed by atoms with van der Waals surface area (Å²) in [6.07, 6.45) is 2.16. The Kier molecular flexibility index (Phi) is 3.06. The van der Waals surface area contributed by atoms with Crippen LogP contribution in [-0.2, 0) is 13.0 Å². The van der Waals surface area contributed by atoms with Gasteiger partial charge in [-0.15, -0.1) is 0 Å². The molecule has 4 nitrogen and oxygen atoms in total. The summed E-state index contributed by atoms with van der Waals surface area (Å²) >= 11 is 5.99. The molecule has 5 heteroatoms. The smallest absolute Gasteiger partial charge is 0.223 e. The fourth-order valence-electron chi connectivity index (χ4n) is 2.43. The molecule has 1 aromatic heterocycles. The summed E-state index contributed by atoms with van der Waals surface area (Å²) in [5, 5.41) is 8.14. The van der Waals surface area contributed by atoms with E-state index in [1.54, 1.807) is 6.92 Å². The molecule has 2 aromatic rings. The van der Waals surface area contributed by atoms with Crippen molar-refractivity contribution in [3.05, 3.63) is 46.1 Å². The molecule has 18 heavy (non-hydrogen) atoms. The average Bonchev–Trinajstić information content (AvgIpc) is 2.92. The lowest BCUT2D eigenvalue weighted by molar-refractivity contribution is 0.383. The van der Waals surface area contributed by atoms with Gasteiger partial charge in [-0.3, -0.25) is 0 Å². The highest BCUT2D eigenvalue weighted by molar-refractivity contribution is 6.30. The summed E-state index contributed by atoms with van der Waals surface area (Å²) < 4.78 is 4.95. The van der Waals surface area contributed by atoms with Gasteiger partial charge in [-0.2, -0.15) is 4.98 Å². The number of aromatic nitrogens is 2. The summed E-state index contributed by atoms with van der Waals surface area (Å²) in [6.45, 7) is 2.42. The molecule has 1 N–H and O–H groups in total. The van der Waals surface area contributed by atoms with E-state index in [1.165, 1.54) is 11.1 Å². The maximum atomic E-state index is 5.99. The Balaban J connectivity index is 1.69. The Morgan fingerprint density at radius 3 is 3.17 bits per heavy atom. The molecule has 0 amide bonds. The first-order chi connectivity index (χ1) is 8.72. The minimum Gasteiger partial charge on any atom is -0.340 e. The molecule has 3 rings (SSSR count). The van der Waals surface area contributed by atoms with Crippen LogP contribution in [0.15, 0.2) is 22.7 Å². The van der Waals surface area contributed by atoms with E-state index in [2.05, 4.69) is 27.6 Å². The molecular formula is C13H14ClN3O. The Morgan fingerprint density at radius 1 is 1.50 bits per heavy atom. The average molecular weight is 264 g/mol. The first-order valence-electron chi connectivity index (χ1n) is 6.03. The lowest BCUT2D eigenvalue weighted by Crippen LogP contribution is -2.19. The molecule has 1 aliphatic rings. The minimum absolute atomic E-state index is 0.357. The zero-order chi connectivity index (χ0) is 12.5. The third-order valence-electron chi connectivity index (χ3n) is 3.26. The predicted octanol–water partition coefficient (Wildman–Crippen LogP) is 2.81. The van der Waals surface area contributed by atoms with Crippen molar-refractivity contribution in [1.29, 1.82) is 0 Å². The molecule has 0 aliphatic heterocycles. The van der Waals surface area contributed by atoms with Crippen LogP contribution >= 0.6 is 11.6 Å². The number of halogens is 1. The van der Waals surface area contributed by atoms with E-state index >= 15 is 0 Å². The monoisotopic (exact) mass is 263 g/mol. The Bertz CT molecular complexity index is 567. The van der Waals surface area contributed by atoms with Crippen molar-refractivity contribution in [1.82, 2.24) is 15.5 Å². The first-order valence-corrected chi connectivity index (χ1v) is 6.41. The van der Waals surface area contributed by atoms with Gasteiger partial charge in [0.1, 0.15) is 0 Å². The Morgan fingerprint density at radius 2 is 2.39 bits per heavy atom. The van der Waals surface area contributed by atoms with Gasteiger partial charge in [0.25, 0.3) is 0 Å². The molecule has 0 fully saturated rings. The van der Waals surface area contributed by atoms with Crippen LogP contribution in [0.3, 0.4) is 0 Å². The van der Waals surface area contributed by atoms with Gasteiger partial charge in [0, 0.05) is 18.0 Å². The van der Waals surface area contributed by atoms with E-state index in [9.17, 15) is 0 Å². The molecule has 1 aliphatic carbocycles. The predicted molar refractivity (Wildman–Crippen MR) is 68.4 cm³/mol. The highest BCUT2D eigenvalue weighted by Crippen LogP contribution is 2.32. The second-order valence-electron chi connectivity index (χ2n) is 4.54. The van der Waals surface area contributed by atoms with Gasteiger partial charge in [-0.25, -0.2) is 0 Å². The quantitative estimate of drug-likeness (QED) is 0.925. The van der Waals surface area contributed by atoms with Crippen molar-refractivity contribution >= 4 is 11.6 Å². The number of rotatable bonds is 3. The second-order valence-corrected chi connectivity index (χ2v) is 4.98. The molecule has 94 valence electrons. The van der Waals surface area contributed by atoms with Crippen LogP contribution in [0.1, 0.15) is 35.3 Å². The van der Waals surface area contributed by atoms with Crippen LogP contribution in [0, 0.1) is 6.92 Å². The maximum absolute atomic E-state index is 5.99. The first kappa shape index (κ1) is 11.7. The largest absolute Gasteiger partial charge is 0.340 e. The van der Waals surface area contributed by atoms with Gasteiger partial charge < -0.3 is 9.84 Å². The molecule has 0 spiro atoms. The summed E-state index contributed by atoms with van der Waals surface area (Å²) in [4.78, 5) is 4.18. The molecule has 1 aromatic carbocycles. The van der Waals surface area contributed by atoms with Crippen LogP contribution < -0.4 is 5.32 Å². The fourth-order valence-corrected chi connectivity index (χ4v) is 2.62. The van der Waals surface area contributed by atoms with Crippen LogP contribution in [0.25, 0.3) is 0 Å². The zero-order valence-corrected chi connectivity index (χ0v) is 10.9. The number of hydrogen-bond acceptors (Lipinski definition) is 4. The molecule has 0 bridgehead atoms. The van der Waals surface area contributed by atoms with Gasteiger partial charge in [-0.05, 0) is 36.1 Å². The lowest BCUT2D eigenvalue weighted by atomic mass is 10.1. The molecule has 1 atom stereocenters. The van der Waals surface area contributed by atoms with Gasteiger partial charge in [0.2, 0.25) is 5.89 Å². The fraction of sp³-hybridized carbons (Fsp3) is 0.385. The summed E-state index contributed by atoms with van der Waals surface area (Å²) in [5.41, 5.74) is 2.67. The SMILES string of the molecule is Cc1nc(CNC2CCc3cc(Cl)ccc32)no1. The third kappa shape index (κ3) is 2.26. The highest BCUT2D eigenvalue weighted by atomic mass is 35.5. The molecule has 0 saturated heterocycles. The van der Waals surface area contributed by atoms with Gasteiger partial charge in [0.05, 0.1) is 6.54 Å². The Labute approximate surface area is 110 Å². The van der Waals surface area contributed by atoms with Crippen molar-refractivity contribution in [2.45, 2.75) is 32.4 Å². The molecule has 0 saturated carbocycles.